The van der Waals surface area contributed by atoms with Crippen LogP contribution in [-0.2, 0) is 4.74 Å². The van der Waals surface area contributed by atoms with Gasteiger partial charge in [-0.3, -0.25) is 4.90 Å². The van der Waals surface area contributed by atoms with Gasteiger partial charge in [0.2, 0.25) is 0 Å². The molecule has 2 aliphatic heterocycles. The van der Waals surface area contributed by atoms with Gasteiger partial charge in [-0.15, -0.1) is 0 Å². The number of hydrogen-bond acceptors (Lipinski definition) is 4. The number of morpholine rings is 1. The van der Waals surface area contributed by atoms with Gasteiger partial charge in [-0.2, -0.15) is 13.2 Å². The molecule has 2 heterocycles. The summed E-state index contributed by atoms with van der Waals surface area (Å²) >= 11 is 5.91. The molecule has 1 atom stereocenters. The van der Waals surface area contributed by atoms with Gasteiger partial charge in [-0.1, -0.05) is 11.6 Å². The Bertz CT molecular complexity index is 556. The highest BCUT2D eigenvalue weighted by atomic mass is 35.5. The van der Waals surface area contributed by atoms with Crippen molar-refractivity contribution in [3.8, 4) is 0 Å². The Morgan fingerprint density at radius 1 is 1.08 bits per heavy atom. The lowest BCUT2D eigenvalue weighted by Crippen LogP contribution is -2.56. The Labute approximate surface area is 157 Å². The summed E-state index contributed by atoms with van der Waals surface area (Å²) in [7, 11) is 0. The molecule has 1 N–H and O–H groups in total. The summed E-state index contributed by atoms with van der Waals surface area (Å²) in [5, 5.41) is 3.86. The minimum absolute atomic E-state index is 0.0604. The molecule has 0 aliphatic carbocycles. The zero-order chi connectivity index (χ0) is 18.6. The van der Waals surface area contributed by atoms with Crippen molar-refractivity contribution in [1.82, 2.24) is 10.2 Å². The van der Waals surface area contributed by atoms with E-state index in [2.05, 4.69) is 10.2 Å². The van der Waals surface area contributed by atoms with Crippen LogP contribution < -0.4 is 10.2 Å². The van der Waals surface area contributed by atoms with Crippen LogP contribution in [0.1, 0.15) is 12.8 Å². The molecule has 1 aromatic rings. The first-order valence-electron chi connectivity index (χ1n) is 9.06. The van der Waals surface area contributed by atoms with Crippen molar-refractivity contribution < 1.29 is 17.9 Å². The van der Waals surface area contributed by atoms with Crippen LogP contribution in [0.3, 0.4) is 0 Å². The maximum atomic E-state index is 13.4. The van der Waals surface area contributed by atoms with Gasteiger partial charge in [0.15, 0.2) is 0 Å². The number of ether oxygens (including phenoxy) is 1. The third-order valence-electron chi connectivity index (χ3n) is 5.15. The molecule has 2 saturated heterocycles. The SMILES string of the molecule is FC(F)(F)C(CNC1CCN(c2ccc(Cl)cc2)CC1)N1CCOCC1. The van der Waals surface area contributed by atoms with E-state index in [0.29, 0.717) is 31.3 Å². The van der Waals surface area contributed by atoms with E-state index in [-0.39, 0.29) is 12.6 Å². The molecule has 0 aromatic heterocycles. The van der Waals surface area contributed by atoms with Crippen molar-refractivity contribution in [3.05, 3.63) is 29.3 Å². The average molecular weight is 392 g/mol. The summed E-state index contributed by atoms with van der Waals surface area (Å²) in [5.74, 6) is 0. The molecule has 1 unspecified atom stereocenters. The zero-order valence-corrected chi connectivity index (χ0v) is 15.4. The first-order chi connectivity index (χ1) is 12.4. The van der Waals surface area contributed by atoms with Gasteiger partial charge >= 0.3 is 6.18 Å². The molecule has 0 spiro atoms. The molecule has 0 bridgehead atoms. The van der Waals surface area contributed by atoms with Crippen LogP contribution in [0.25, 0.3) is 0 Å². The number of anilines is 1. The first-order valence-corrected chi connectivity index (χ1v) is 9.43. The number of nitrogens with zero attached hydrogens (tertiary/aromatic N) is 2. The Hall–Kier alpha value is -1.02. The number of piperidine rings is 1. The van der Waals surface area contributed by atoms with E-state index >= 15 is 0 Å². The van der Waals surface area contributed by atoms with Gasteiger partial charge in [0.25, 0.3) is 0 Å². The monoisotopic (exact) mass is 391 g/mol. The van der Waals surface area contributed by atoms with Crippen molar-refractivity contribution in [2.75, 3.05) is 50.8 Å². The lowest BCUT2D eigenvalue weighted by atomic mass is 10.0. The van der Waals surface area contributed by atoms with Crippen LogP contribution in [0.4, 0.5) is 18.9 Å². The van der Waals surface area contributed by atoms with Crippen molar-refractivity contribution in [3.63, 3.8) is 0 Å². The van der Waals surface area contributed by atoms with Gasteiger partial charge in [-0.25, -0.2) is 0 Å². The predicted molar refractivity (Wildman–Crippen MR) is 96.9 cm³/mol. The van der Waals surface area contributed by atoms with Crippen molar-refractivity contribution in [2.45, 2.75) is 31.1 Å². The number of nitrogens with one attached hydrogen (secondary N) is 1. The number of hydrogen-bond donors (Lipinski definition) is 1. The van der Waals surface area contributed by atoms with E-state index in [9.17, 15) is 13.2 Å². The molecule has 3 rings (SSSR count). The minimum atomic E-state index is -4.23. The van der Waals surface area contributed by atoms with Gasteiger partial charge in [0.1, 0.15) is 6.04 Å². The fourth-order valence-corrected chi connectivity index (χ4v) is 3.74. The maximum absolute atomic E-state index is 13.4. The highest BCUT2D eigenvalue weighted by molar-refractivity contribution is 6.30. The van der Waals surface area contributed by atoms with Crippen molar-refractivity contribution in [1.29, 1.82) is 0 Å². The summed E-state index contributed by atoms with van der Waals surface area (Å²) in [5.41, 5.74) is 1.11. The lowest BCUT2D eigenvalue weighted by molar-refractivity contribution is -0.190. The molecule has 26 heavy (non-hydrogen) atoms. The second-order valence-electron chi connectivity index (χ2n) is 6.85. The quantitative estimate of drug-likeness (QED) is 0.834. The number of halogens is 4. The standard InChI is InChI=1S/C18H25ClF3N3O/c19-14-1-3-16(4-2-14)24-7-5-15(6-8-24)23-13-17(18(20,21)22)25-9-11-26-12-10-25/h1-4,15,17,23H,5-13H2. The zero-order valence-electron chi connectivity index (χ0n) is 14.6. The van der Waals surface area contributed by atoms with Gasteiger partial charge in [-0.05, 0) is 37.1 Å². The topological polar surface area (TPSA) is 27.7 Å². The summed E-state index contributed by atoms with van der Waals surface area (Å²) < 4.78 is 45.5. The second kappa shape index (κ2) is 8.78. The van der Waals surface area contributed by atoms with Crippen LogP contribution in [0, 0.1) is 0 Å². The summed E-state index contributed by atoms with van der Waals surface area (Å²) in [6.07, 6.45) is -2.57. The van der Waals surface area contributed by atoms with Crippen LogP contribution in [0.5, 0.6) is 0 Å². The Morgan fingerprint density at radius 3 is 2.27 bits per heavy atom. The number of alkyl halides is 3. The summed E-state index contributed by atoms with van der Waals surface area (Å²) in [6, 6.07) is 6.35. The normalized spacial score (nSPS) is 21.8. The van der Waals surface area contributed by atoms with E-state index in [4.69, 9.17) is 16.3 Å². The first kappa shape index (κ1) is 19.7. The molecule has 2 fully saturated rings. The van der Waals surface area contributed by atoms with Crippen molar-refractivity contribution >= 4 is 17.3 Å². The third-order valence-corrected chi connectivity index (χ3v) is 5.40. The Morgan fingerprint density at radius 2 is 1.69 bits per heavy atom. The lowest BCUT2D eigenvalue weighted by Gasteiger charge is -2.38. The van der Waals surface area contributed by atoms with E-state index in [1.807, 2.05) is 24.3 Å². The molecule has 146 valence electrons. The molecule has 0 saturated carbocycles. The van der Waals surface area contributed by atoms with Crippen LogP contribution in [0.15, 0.2) is 24.3 Å². The molecule has 2 aliphatic rings. The Kier molecular flexibility index (Phi) is 6.66. The minimum Gasteiger partial charge on any atom is -0.379 e. The molecular formula is C18H25ClF3N3O. The molecule has 0 radical (unpaired) electrons. The predicted octanol–water partition coefficient (Wildman–Crippen LogP) is 3.16. The maximum Gasteiger partial charge on any atom is 0.405 e. The number of benzene rings is 1. The van der Waals surface area contributed by atoms with Gasteiger partial charge in [0.05, 0.1) is 13.2 Å². The Balaban J connectivity index is 1.49. The summed E-state index contributed by atoms with van der Waals surface area (Å²) in [6.45, 7) is 3.00. The van der Waals surface area contributed by atoms with Crippen LogP contribution in [0.2, 0.25) is 5.02 Å². The number of rotatable bonds is 5. The van der Waals surface area contributed by atoms with E-state index in [1.165, 1.54) is 4.90 Å². The van der Waals surface area contributed by atoms with E-state index in [0.717, 1.165) is 31.6 Å². The molecule has 4 nitrogen and oxygen atoms in total. The van der Waals surface area contributed by atoms with E-state index < -0.39 is 12.2 Å². The molecule has 0 amide bonds. The highest BCUT2D eigenvalue weighted by Gasteiger charge is 2.43. The second-order valence-corrected chi connectivity index (χ2v) is 7.29. The van der Waals surface area contributed by atoms with Crippen LogP contribution in [-0.4, -0.2) is 69.1 Å². The van der Waals surface area contributed by atoms with Gasteiger partial charge in [0, 0.05) is 49.5 Å². The smallest absolute Gasteiger partial charge is 0.379 e. The van der Waals surface area contributed by atoms with E-state index in [1.54, 1.807) is 0 Å². The summed E-state index contributed by atoms with van der Waals surface area (Å²) in [4.78, 5) is 3.73. The fraction of sp³-hybridized carbons (Fsp3) is 0.667. The largest absolute Gasteiger partial charge is 0.405 e. The molecular weight excluding hydrogens is 367 g/mol. The highest BCUT2D eigenvalue weighted by Crippen LogP contribution is 2.26. The average Bonchev–Trinajstić information content (AvgIpc) is 2.63. The van der Waals surface area contributed by atoms with Crippen molar-refractivity contribution in [2.24, 2.45) is 0 Å². The van der Waals surface area contributed by atoms with Gasteiger partial charge < -0.3 is 15.0 Å². The molecule has 8 heteroatoms. The molecule has 1 aromatic carbocycles. The van der Waals surface area contributed by atoms with Crippen LogP contribution >= 0.6 is 11.6 Å². The fourth-order valence-electron chi connectivity index (χ4n) is 3.61. The third kappa shape index (κ3) is 5.25.